The molecule has 0 spiro atoms. The van der Waals surface area contributed by atoms with Crippen molar-refractivity contribution < 1.29 is 9.90 Å². The number of hydrogen-bond donors (Lipinski definition) is 3. The number of halogens is 1. The number of fused-ring (bicyclic) bond motifs is 1. The molecule has 0 aliphatic heterocycles. The van der Waals surface area contributed by atoms with E-state index in [1.807, 2.05) is 36.4 Å². The maximum Gasteiger partial charge on any atom is 0.283 e. The quantitative estimate of drug-likeness (QED) is 0.594. The van der Waals surface area contributed by atoms with Crippen LogP contribution in [0.15, 0.2) is 63.2 Å². The number of aromatic amines is 1. The van der Waals surface area contributed by atoms with Gasteiger partial charge in [0.1, 0.15) is 0 Å². The van der Waals surface area contributed by atoms with Crippen molar-refractivity contribution >= 4 is 44.1 Å². The number of carbonyl (C=O) groups excluding carboxylic acids is 1. The Balaban J connectivity index is 1.73. The number of amides is 1. The first-order valence-corrected chi connectivity index (χ1v) is 7.66. The Morgan fingerprint density at radius 3 is 2.78 bits per heavy atom. The van der Waals surface area contributed by atoms with Crippen LogP contribution in [0.25, 0.3) is 10.9 Å². The zero-order valence-corrected chi connectivity index (χ0v) is 13.5. The van der Waals surface area contributed by atoms with Crippen LogP contribution in [0, 0.1) is 0 Å². The van der Waals surface area contributed by atoms with Gasteiger partial charge in [-0.3, -0.25) is 4.79 Å². The van der Waals surface area contributed by atoms with E-state index < -0.39 is 5.91 Å². The molecule has 0 saturated carbocycles. The number of anilines is 1. The molecule has 2 aromatic carbocycles. The van der Waals surface area contributed by atoms with Crippen molar-refractivity contribution in [3.8, 4) is 5.88 Å². The molecule has 7 heteroatoms. The zero-order valence-electron chi connectivity index (χ0n) is 12.0. The van der Waals surface area contributed by atoms with Gasteiger partial charge in [0.15, 0.2) is 5.69 Å². The van der Waals surface area contributed by atoms with Crippen molar-refractivity contribution in [3.63, 3.8) is 0 Å². The maximum atomic E-state index is 11.8. The van der Waals surface area contributed by atoms with Crippen LogP contribution in [0.5, 0.6) is 5.88 Å². The number of para-hydroxylation sites is 1. The third-order valence-electron chi connectivity index (χ3n) is 3.19. The highest BCUT2D eigenvalue weighted by molar-refractivity contribution is 9.10. The molecule has 23 heavy (non-hydrogen) atoms. The fourth-order valence-corrected chi connectivity index (χ4v) is 2.47. The number of nitrogens with zero attached hydrogens (tertiary/aromatic N) is 2. The van der Waals surface area contributed by atoms with E-state index >= 15 is 0 Å². The Morgan fingerprint density at radius 1 is 1.22 bits per heavy atom. The van der Waals surface area contributed by atoms with Crippen LogP contribution in [-0.4, -0.2) is 22.5 Å². The zero-order chi connectivity index (χ0) is 16.2. The maximum absolute atomic E-state index is 11.8. The Labute approximate surface area is 140 Å². The molecule has 0 bridgehead atoms. The fourth-order valence-electron chi connectivity index (χ4n) is 2.11. The van der Waals surface area contributed by atoms with Crippen molar-refractivity contribution in [1.82, 2.24) is 4.98 Å². The summed E-state index contributed by atoms with van der Waals surface area (Å²) in [6.07, 6.45) is 0. The van der Waals surface area contributed by atoms with Crippen molar-refractivity contribution in [2.24, 2.45) is 10.2 Å². The monoisotopic (exact) mass is 372 g/mol. The topological polar surface area (TPSA) is 89.8 Å². The molecule has 116 valence electrons. The Hall–Kier alpha value is -2.67. The summed E-state index contributed by atoms with van der Waals surface area (Å²) in [6.45, 7) is 0.0281. The summed E-state index contributed by atoms with van der Waals surface area (Å²) < 4.78 is 0.845. The lowest BCUT2D eigenvalue weighted by molar-refractivity contribution is -0.116. The van der Waals surface area contributed by atoms with Crippen molar-refractivity contribution in [1.29, 1.82) is 0 Å². The second-order valence-corrected chi connectivity index (χ2v) is 5.74. The van der Waals surface area contributed by atoms with Gasteiger partial charge in [-0.25, -0.2) is 0 Å². The van der Waals surface area contributed by atoms with Crippen LogP contribution < -0.4 is 5.32 Å². The Bertz CT molecular complexity index is 874. The van der Waals surface area contributed by atoms with Gasteiger partial charge < -0.3 is 15.4 Å². The number of benzene rings is 2. The van der Waals surface area contributed by atoms with Gasteiger partial charge in [-0.05, 0) is 30.3 Å². The lowest BCUT2D eigenvalue weighted by Crippen LogP contribution is -2.10. The standard InChI is InChI=1S/C16H13BrN4O2/c17-10-6-7-13-12(8-10)15(16(23)19-13)21-20-14(22)9-18-11-4-2-1-3-5-11/h1-8,18-19,23H,9H2. The molecule has 0 aliphatic rings. The minimum atomic E-state index is -0.433. The summed E-state index contributed by atoms with van der Waals surface area (Å²) in [6, 6.07) is 14.8. The van der Waals surface area contributed by atoms with Gasteiger partial charge in [-0.2, -0.15) is 0 Å². The molecular weight excluding hydrogens is 360 g/mol. The highest BCUT2D eigenvalue weighted by atomic mass is 79.9. The molecule has 0 aliphatic carbocycles. The summed E-state index contributed by atoms with van der Waals surface area (Å²) in [7, 11) is 0. The molecule has 1 amide bonds. The Kier molecular flexibility index (Phi) is 4.38. The van der Waals surface area contributed by atoms with E-state index in [4.69, 9.17) is 0 Å². The second-order valence-electron chi connectivity index (χ2n) is 4.83. The van der Waals surface area contributed by atoms with Crippen LogP contribution in [0.4, 0.5) is 11.4 Å². The van der Waals surface area contributed by atoms with E-state index in [2.05, 4.69) is 36.5 Å². The molecule has 0 atom stereocenters. The van der Waals surface area contributed by atoms with Crippen molar-refractivity contribution in [2.45, 2.75) is 0 Å². The van der Waals surface area contributed by atoms with Gasteiger partial charge >= 0.3 is 0 Å². The van der Waals surface area contributed by atoms with Gasteiger partial charge in [-0.1, -0.05) is 34.1 Å². The second kappa shape index (κ2) is 6.62. The highest BCUT2D eigenvalue weighted by Crippen LogP contribution is 2.36. The highest BCUT2D eigenvalue weighted by Gasteiger charge is 2.11. The molecular formula is C16H13BrN4O2. The van der Waals surface area contributed by atoms with Crippen molar-refractivity contribution in [3.05, 3.63) is 53.0 Å². The number of aromatic nitrogens is 1. The van der Waals surface area contributed by atoms with Gasteiger partial charge in [0, 0.05) is 15.5 Å². The van der Waals surface area contributed by atoms with Crippen LogP contribution in [-0.2, 0) is 4.79 Å². The number of hydrogen-bond acceptors (Lipinski definition) is 4. The van der Waals surface area contributed by atoms with E-state index in [0.717, 1.165) is 15.7 Å². The van der Waals surface area contributed by atoms with Gasteiger partial charge in [0.2, 0.25) is 5.88 Å². The first kappa shape index (κ1) is 15.2. The van der Waals surface area contributed by atoms with Crippen LogP contribution in [0.2, 0.25) is 0 Å². The first-order valence-electron chi connectivity index (χ1n) is 6.87. The SMILES string of the molecule is O=C(CNc1ccccc1)N=Nc1c(O)[nH]c2ccc(Br)cc12. The lowest BCUT2D eigenvalue weighted by Gasteiger charge is -2.01. The molecule has 1 heterocycles. The predicted octanol–water partition coefficient (Wildman–Crippen LogP) is 4.36. The smallest absolute Gasteiger partial charge is 0.283 e. The number of nitrogens with one attached hydrogen (secondary N) is 2. The first-order chi connectivity index (χ1) is 11.1. The molecule has 0 saturated heterocycles. The van der Waals surface area contributed by atoms with E-state index in [1.165, 1.54) is 0 Å². The van der Waals surface area contributed by atoms with Crippen LogP contribution >= 0.6 is 15.9 Å². The van der Waals surface area contributed by atoms with Crippen molar-refractivity contribution in [2.75, 3.05) is 11.9 Å². The summed E-state index contributed by atoms with van der Waals surface area (Å²) >= 11 is 3.36. The van der Waals surface area contributed by atoms with Gasteiger partial charge in [0.05, 0.1) is 12.1 Å². The van der Waals surface area contributed by atoms with Crippen LogP contribution in [0.1, 0.15) is 0 Å². The van der Waals surface area contributed by atoms with E-state index in [-0.39, 0.29) is 18.1 Å². The Morgan fingerprint density at radius 2 is 2.00 bits per heavy atom. The molecule has 1 aromatic heterocycles. The predicted molar refractivity (Wildman–Crippen MR) is 92.1 cm³/mol. The summed E-state index contributed by atoms with van der Waals surface area (Å²) in [5.74, 6) is -0.553. The van der Waals surface area contributed by atoms with E-state index in [9.17, 15) is 9.90 Å². The molecule has 3 rings (SSSR count). The molecule has 0 unspecified atom stereocenters. The molecule has 0 radical (unpaired) electrons. The van der Waals surface area contributed by atoms with E-state index in [0.29, 0.717) is 5.39 Å². The lowest BCUT2D eigenvalue weighted by atomic mass is 10.2. The van der Waals surface area contributed by atoms with Gasteiger partial charge in [-0.15, -0.1) is 10.2 Å². The third-order valence-corrected chi connectivity index (χ3v) is 3.69. The molecule has 3 aromatic rings. The normalized spacial score (nSPS) is 11.2. The molecule has 0 fully saturated rings. The number of carbonyl (C=O) groups is 1. The number of aromatic hydroxyl groups is 1. The summed E-state index contributed by atoms with van der Waals surface area (Å²) in [5.41, 5.74) is 1.79. The molecule has 3 N–H and O–H groups in total. The minimum Gasteiger partial charge on any atom is -0.493 e. The fraction of sp³-hybridized carbons (Fsp3) is 0.0625. The third kappa shape index (κ3) is 3.57. The summed E-state index contributed by atoms with van der Waals surface area (Å²) in [5, 5.41) is 21.1. The van der Waals surface area contributed by atoms with Gasteiger partial charge in [0.25, 0.3) is 5.91 Å². The summed E-state index contributed by atoms with van der Waals surface area (Å²) in [4.78, 5) is 14.6. The molecule has 6 nitrogen and oxygen atoms in total. The minimum absolute atomic E-state index is 0.0281. The largest absolute Gasteiger partial charge is 0.493 e. The number of H-pyrrole nitrogens is 1. The number of azo groups is 1. The van der Waals surface area contributed by atoms with Crippen LogP contribution in [0.3, 0.4) is 0 Å². The van der Waals surface area contributed by atoms with E-state index in [1.54, 1.807) is 12.1 Å². The average Bonchev–Trinajstić information content (AvgIpc) is 2.86. The average molecular weight is 373 g/mol. The number of rotatable bonds is 4.